The van der Waals surface area contributed by atoms with Crippen molar-refractivity contribution >= 4 is 0 Å². The largest absolute Gasteiger partial charge is 0.322 e. The quantitative estimate of drug-likeness (QED) is 0.0735. The molecule has 1 rings (SSSR count). The Balaban J connectivity index is 2.13. The first-order valence-electron chi connectivity index (χ1n) is 21.4. The Hall–Kier alpha value is -0.820. The Morgan fingerprint density at radius 2 is 0.674 bits per heavy atom. The number of aryl methyl sites for hydroxylation is 1. The summed E-state index contributed by atoms with van der Waals surface area (Å²) in [5.41, 5.74) is 11.0. The Morgan fingerprint density at radius 3 is 0.978 bits per heavy atom. The SMILES string of the molecule is CCCCCCCCCCCCCCCCCCc1cccc(C(C)(C)N)c1CCCCCCCCCCCCCCCCCC. The molecule has 0 bridgehead atoms. The summed E-state index contributed by atoms with van der Waals surface area (Å²) in [4.78, 5) is 0. The predicted octanol–water partition coefficient (Wildman–Crippen LogP) is 15.5. The van der Waals surface area contributed by atoms with E-state index in [2.05, 4.69) is 45.9 Å². The van der Waals surface area contributed by atoms with Gasteiger partial charge in [-0.3, -0.25) is 0 Å². The molecule has 1 aromatic rings. The van der Waals surface area contributed by atoms with E-state index in [4.69, 9.17) is 5.73 Å². The summed E-state index contributed by atoms with van der Waals surface area (Å²) in [5.74, 6) is 0. The maximum absolute atomic E-state index is 6.68. The molecule has 46 heavy (non-hydrogen) atoms. The fourth-order valence-corrected chi connectivity index (χ4v) is 7.48. The predicted molar refractivity (Wildman–Crippen MR) is 210 cm³/mol. The minimum absolute atomic E-state index is 0.255. The van der Waals surface area contributed by atoms with Crippen LogP contribution in [0.5, 0.6) is 0 Å². The lowest BCUT2D eigenvalue weighted by atomic mass is 9.84. The smallest absolute Gasteiger partial charge is 0.0355 e. The van der Waals surface area contributed by atoms with Gasteiger partial charge in [0, 0.05) is 5.54 Å². The fourth-order valence-electron chi connectivity index (χ4n) is 7.48. The molecule has 0 aliphatic rings. The van der Waals surface area contributed by atoms with Gasteiger partial charge in [-0.2, -0.15) is 0 Å². The lowest BCUT2D eigenvalue weighted by Crippen LogP contribution is -2.30. The number of rotatable bonds is 35. The van der Waals surface area contributed by atoms with Crippen LogP contribution in [0.3, 0.4) is 0 Å². The third kappa shape index (κ3) is 25.2. The van der Waals surface area contributed by atoms with Gasteiger partial charge in [0.1, 0.15) is 0 Å². The van der Waals surface area contributed by atoms with Gasteiger partial charge in [0.25, 0.3) is 0 Å². The molecule has 0 aromatic heterocycles. The third-order valence-corrected chi connectivity index (χ3v) is 10.5. The second kappa shape index (κ2) is 31.4. The van der Waals surface area contributed by atoms with E-state index in [-0.39, 0.29) is 5.54 Å². The van der Waals surface area contributed by atoms with E-state index >= 15 is 0 Å². The molecule has 0 saturated heterocycles. The van der Waals surface area contributed by atoms with Gasteiger partial charge in [0.2, 0.25) is 0 Å². The van der Waals surface area contributed by atoms with Crippen LogP contribution in [0.2, 0.25) is 0 Å². The van der Waals surface area contributed by atoms with Crippen molar-refractivity contribution in [3.8, 4) is 0 Å². The molecular formula is C45H85N. The molecule has 0 atom stereocenters. The van der Waals surface area contributed by atoms with Gasteiger partial charge >= 0.3 is 0 Å². The molecule has 0 fully saturated rings. The van der Waals surface area contributed by atoms with E-state index in [0.717, 1.165) is 0 Å². The monoisotopic (exact) mass is 640 g/mol. The molecule has 0 saturated carbocycles. The third-order valence-electron chi connectivity index (χ3n) is 10.5. The second-order valence-corrected chi connectivity index (χ2v) is 15.8. The average Bonchev–Trinajstić information content (AvgIpc) is 3.04. The van der Waals surface area contributed by atoms with Crippen LogP contribution in [-0.4, -0.2) is 0 Å². The molecule has 0 amide bonds. The fraction of sp³-hybridized carbons (Fsp3) is 0.867. The molecule has 270 valence electrons. The van der Waals surface area contributed by atoms with Crippen LogP contribution in [0.25, 0.3) is 0 Å². The molecule has 0 radical (unpaired) electrons. The van der Waals surface area contributed by atoms with E-state index in [9.17, 15) is 0 Å². The minimum atomic E-state index is -0.255. The zero-order valence-electron chi connectivity index (χ0n) is 32.4. The molecule has 0 spiro atoms. The summed E-state index contributed by atoms with van der Waals surface area (Å²) in [7, 11) is 0. The highest BCUT2D eigenvalue weighted by atomic mass is 14.7. The maximum Gasteiger partial charge on any atom is 0.0355 e. The van der Waals surface area contributed by atoms with Crippen LogP contribution in [0.1, 0.15) is 250 Å². The standard InChI is InChI=1S/C45H85N/c1-5-7-9-11-13-15-17-19-21-23-25-27-29-31-33-35-38-42-39-37-41-44(45(3,4)46)43(42)40-36-34-32-30-28-26-24-22-20-18-16-14-12-10-8-6-2/h37,39,41H,5-36,38,40,46H2,1-4H3. The van der Waals surface area contributed by atoms with Crippen molar-refractivity contribution in [2.24, 2.45) is 5.73 Å². The first-order valence-corrected chi connectivity index (χ1v) is 21.4. The number of hydrogen-bond donors (Lipinski definition) is 1. The second-order valence-electron chi connectivity index (χ2n) is 15.8. The number of unbranched alkanes of at least 4 members (excludes halogenated alkanes) is 30. The Labute approximate surface area is 291 Å². The lowest BCUT2D eigenvalue weighted by Gasteiger charge is -2.25. The summed E-state index contributed by atoms with van der Waals surface area (Å²) < 4.78 is 0. The van der Waals surface area contributed by atoms with Crippen molar-refractivity contribution < 1.29 is 0 Å². The van der Waals surface area contributed by atoms with Crippen molar-refractivity contribution in [1.82, 2.24) is 0 Å². The molecule has 0 heterocycles. The minimum Gasteiger partial charge on any atom is -0.322 e. The normalized spacial score (nSPS) is 11.9. The lowest BCUT2D eigenvalue weighted by molar-refractivity contribution is 0.524. The molecular weight excluding hydrogens is 555 g/mol. The number of hydrogen-bond acceptors (Lipinski definition) is 1. The van der Waals surface area contributed by atoms with E-state index in [1.54, 1.807) is 11.1 Å². The van der Waals surface area contributed by atoms with E-state index in [0.29, 0.717) is 0 Å². The van der Waals surface area contributed by atoms with E-state index < -0.39 is 0 Å². The van der Waals surface area contributed by atoms with Gasteiger partial charge in [-0.15, -0.1) is 0 Å². The summed E-state index contributed by atoms with van der Waals surface area (Å²) in [6.45, 7) is 9.00. The molecule has 2 N–H and O–H groups in total. The van der Waals surface area contributed by atoms with E-state index in [1.807, 2.05) is 0 Å². The average molecular weight is 640 g/mol. The van der Waals surface area contributed by atoms with Crippen molar-refractivity contribution in [3.05, 3.63) is 34.9 Å². The first kappa shape index (κ1) is 43.2. The number of nitrogens with two attached hydrogens (primary N) is 1. The highest BCUT2D eigenvalue weighted by Crippen LogP contribution is 2.28. The Morgan fingerprint density at radius 1 is 0.391 bits per heavy atom. The molecule has 0 unspecified atom stereocenters. The summed E-state index contributed by atoms with van der Waals surface area (Å²) in [6.07, 6.45) is 48.3. The molecule has 0 aliphatic heterocycles. The van der Waals surface area contributed by atoms with Gasteiger partial charge in [-0.25, -0.2) is 0 Å². The van der Waals surface area contributed by atoms with Crippen molar-refractivity contribution in [1.29, 1.82) is 0 Å². The van der Waals surface area contributed by atoms with Crippen LogP contribution in [0, 0.1) is 0 Å². The molecule has 1 aromatic carbocycles. The highest BCUT2D eigenvalue weighted by Gasteiger charge is 2.20. The van der Waals surface area contributed by atoms with E-state index in [1.165, 1.54) is 224 Å². The zero-order chi connectivity index (χ0) is 33.4. The zero-order valence-corrected chi connectivity index (χ0v) is 32.4. The van der Waals surface area contributed by atoms with Crippen LogP contribution in [0.4, 0.5) is 0 Å². The van der Waals surface area contributed by atoms with Gasteiger partial charge < -0.3 is 5.73 Å². The summed E-state index contributed by atoms with van der Waals surface area (Å²) in [6, 6.07) is 6.98. The van der Waals surface area contributed by atoms with Crippen LogP contribution in [-0.2, 0) is 18.4 Å². The first-order chi connectivity index (χ1) is 22.5. The summed E-state index contributed by atoms with van der Waals surface area (Å²) in [5, 5.41) is 0. The highest BCUT2D eigenvalue weighted by molar-refractivity contribution is 5.39. The maximum atomic E-state index is 6.68. The Kier molecular flexibility index (Phi) is 29.5. The van der Waals surface area contributed by atoms with Crippen molar-refractivity contribution in [2.45, 2.75) is 252 Å². The van der Waals surface area contributed by atoms with Gasteiger partial charge in [0.15, 0.2) is 0 Å². The Bertz CT molecular complexity index is 759. The summed E-state index contributed by atoms with van der Waals surface area (Å²) >= 11 is 0. The van der Waals surface area contributed by atoms with Crippen LogP contribution in [0.15, 0.2) is 18.2 Å². The number of benzene rings is 1. The molecule has 1 heteroatoms. The van der Waals surface area contributed by atoms with Gasteiger partial charge in [-0.1, -0.05) is 225 Å². The van der Waals surface area contributed by atoms with Crippen LogP contribution < -0.4 is 5.73 Å². The van der Waals surface area contributed by atoms with Gasteiger partial charge in [-0.05, 0) is 56.2 Å². The van der Waals surface area contributed by atoms with Gasteiger partial charge in [0.05, 0.1) is 0 Å². The molecule has 0 aliphatic carbocycles. The van der Waals surface area contributed by atoms with Crippen molar-refractivity contribution in [3.63, 3.8) is 0 Å². The van der Waals surface area contributed by atoms with Crippen LogP contribution >= 0.6 is 0 Å². The topological polar surface area (TPSA) is 26.0 Å². The van der Waals surface area contributed by atoms with Crippen molar-refractivity contribution in [2.75, 3.05) is 0 Å². The molecule has 1 nitrogen and oxygen atoms in total.